The molecule has 0 saturated heterocycles. The van der Waals surface area contributed by atoms with Gasteiger partial charge in [-0.1, -0.05) is 12.1 Å². The Bertz CT molecular complexity index is 973. The van der Waals surface area contributed by atoms with Crippen molar-refractivity contribution in [3.63, 3.8) is 0 Å². The Hall–Kier alpha value is -2.93. The van der Waals surface area contributed by atoms with Gasteiger partial charge in [0.25, 0.3) is 0 Å². The molecule has 0 unspecified atom stereocenters. The lowest BCUT2D eigenvalue weighted by molar-refractivity contribution is -0.146. The molecule has 0 aromatic heterocycles. The number of aliphatic hydroxyl groups excluding tert-OH is 2. The Morgan fingerprint density at radius 3 is 2.63 bits per heavy atom. The van der Waals surface area contributed by atoms with Crippen molar-refractivity contribution in [3.8, 4) is 5.75 Å². The zero-order chi connectivity index (χ0) is 19.5. The van der Waals surface area contributed by atoms with Gasteiger partial charge in [0.15, 0.2) is 11.4 Å². The molecule has 7 nitrogen and oxygen atoms in total. The highest BCUT2D eigenvalue weighted by Crippen LogP contribution is 2.51. The number of nitrogens with zero attached hydrogens (tertiary/aromatic N) is 1. The summed E-state index contributed by atoms with van der Waals surface area (Å²) >= 11 is 0. The van der Waals surface area contributed by atoms with Gasteiger partial charge < -0.3 is 20.4 Å². The zero-order valence-electron chi connectivity index (χ0n) is 14.6. The topological polar surface area (TPSA) is 127 Å². The fraction of sp³-hybridized carbons (Fsp3) is 0.350. The number of ketones is 2. The largest absolute Gasteiger partial charge is 0.508 e. The Morgan fingerprint density at radius 1 is 1.19 bits per heavy atom. The van der Waals surface area contributed by atoms with Crippen LogP contribution < -0.4 is 0 Å². The smallest absolute Gasteiger partial charge is 0.202 e. The molecule has 27 heavy (non-hydrogen) atoms. The second-order valence-corrected chi connectivity index (χ2v) is 7.28. The fourth-order valence-electron chi connectivity index (χ4n) is 4.59. The van der Waals surface area contributed by atoms with Crippen LogP contribution >= 0.6 is 0 Å². The lowest BCUT2D eigenvalue weighted by Gasteiger charge is -2.46. The quantitative estimate of drug-likeness (QED) is 0.557. The van der Waals surface area contributed by atoms with Crippen molar-refractivity contribution in [2.45, 2.75) is 24.9 Å². The van der Waals surface area contributed by atoms with Crippen LogP contribution in [0.15, 0.2) is 40.1 Å². The lowest BCUT2D eigenvalue weighted by atomic mass is 9.59. The second kappa shape index (κ2) is 5.79. The first-order valence-corrected chi connectivity index (χ1v) is 8.71. The first-order chi connectivity index (χ1) is 12.8. The number of rotatable bonds is 1. The van der Waals surface area contributed by atoms with Crippen LogP contribution in [-0.2, 0) is 16.0 Å². The van der Waals surface area contributed by atoms with Crippen LogP contribution in [0.3, 0.4) is 0 Å². The van der Waals surface area contributed by atoms with Gasteiger partial charge in [0.2, 0.25) is 5.78 Å². The molecule has 140 valence electrons. The van der Waals surface area contributed by atoms with Crippen molar-refractivity contribution >= 4 is 23.5 Å². The van der Waals surface area contributed by atoms with Crippen LogP contribution in [0.5, 0.6) is 5.75 Å². The molecule has 1 aromatic rings. The number of allylic oxidation sites excluding steroid dienone is 1. The van der Waals surface area contributed by atoms with Crippen LogP contribution in [-0.4, -0.2) is 50.9 Å². The van der Waals surface area contributed by atoms with E-state index in [1.165, 1.54) is 13.1 Å². The Balaban J connectivity index is 1.92. The van der Waals surface area contributed by atoms with Gasteiger partial charge in [0, 0.05) is 31.2 Å². The van der Waals surface area contributed by atoms with E-state index in [0.29, 0.717) is 12.0 Å². The van der Waals surface area contributed by atoms with Crippen LogP contribution in [0, 0.1) is 11.8 Å². The molecule has 0 aliphatic heterocycles. The highest BCUT2D eigenvalue weighted by Gasteiger charge is 2.59. The van der Waals surface area contributed by atoms with E-state index in [1.807, 2.05) is 0 Å². The van der Waals surface area contributed by atoms with Crippen molar-refractivity contribution < 1.29 is 30.0 Å². The number of hydrogen-bond donors (Lipinski definition) is 4. The number of hydrogen-bond acceptors (Lipinski definition) is 7. The number of benzene rings is 1. The molecule has 4 N–H and O–H groups in total. The van der Waals surface area contributed by atoms with Gasteiger partial charge in [-0.15, -0.1) is 0 Å². The third-order valence-corrected chi connectivity index (χ3v) is 5.85. The molecule has 3 aliphatic rings. The van der Waals surface area contributed by atoms with E-state index >= 15 is 0 Å². The number of aliphatic imine (C=N–C) groups is 1. The molecule has 0 amide bonds. The number of Topliss-reactive ketones (excluding diaryl/α,β-unsaturated/α-hetero) is 2. The Labute approximate surface area is 155 Å². The van der Waals surface area contributed by atoms with Gasteiger partial charge in [-0.25, -0.2) is 0 Å². The van der Waals surface area contributed by atoms with Gasteiger partial charge >= 0.3 is 0 Å². The van der Waals surface area contributed by atoms with Crippen molar-refractivity contribution in [1.29, 1.82) is 0 Å². The molecule has 3 aliphatic carbocycles. The third kappa shape index (κ3) is 2.21. The summed E-state index contributed by atoms with van der Waals surface area (Å²) in [5.41, 5.74) is -1.63. The number of phenolic OH excluding ortho intramolecular Hbond substituents is 1. The number of carbonyl (C=O) groups excluding carboxylic acids is 2. The average molecular weight is 369 g/mol. The summed E-state index contributed by atoms with van der Waals surface area (Å²) in [5, 5.41) is 42.5. The fourth-order valence-corrected chi connectivity index (χ4v) is 4.59. The van der Waals surface area contributed by atoms with Gasteiger partial charge in [-0.05, 0) is 30.4 Å². The molecule has 7 heteroatoms. The molecule has 0 heterocycles. The first-order valence-electron chi connectivity index (χ1n) is 8.71. The SMILES string of the molecule is CN=CC1=C(O)[C@@]2(O)C(=O)C3=C(O)c4c(O)cccc4C[C@H]3C[C@H]2CC1=O. The highest BCUT2D eigenvalue weighted by molar-refractivity contribution is 6.19. The van der Waals surface area contributed by atoms with Crippen LogP contribution in [0.2, 0.25) is 0 Å². The van der Waals surface area contributed by atoms with Crippen molar-refractivity contribution in [2.75, 3.05) is 7.05 Å². The van der Waals surface area contributed by atoms with Gasteiger partial charge in [0.05, 0.1) is 11.1 Å². The summed E-state index contributed by atoms with van der Waals surface area (Å²) in [6.45, 7) is 0. The molecular formula is C20H19NO6. The Morgan fingerprint density at radius 2 is 1.93 bits per heavy atom. The molecule has 0 spiro atoms. The van der Waals surface area contributed by atoms with Crippen LogP contribution in [0.25, 0.3) is 5.76 Å². The third-order valence-electron chi connectivity index (χ3n) is 5.85. The van der Waals surface area contributed by atoms with E-state index in [2.05, 4.69) is 4.99 Å². The predicted molar refractivity (Wildman–Crippen MR) is 96.6 cm³/mol. The van der Waals surface area contributed by atoms with E-state index in [0.717, 1.165) is 6.21 Å². The molecule has 0 radical (unpaired) electrons. The number of aromatic hydroxyl groups is 1. The van der Waals surface area contributed by atoms with Crippen LogP contribution in [0.1, 0.15) is 24.0 Å². The molecule has 4 rings (SSSR count). The zero-order valence-corrected chi connectivity index (χ0v) is 14.6. The summed E-state index contributed by atoms with van der Waals surface area (Å²) in [6.07, 6.45) is 1.68. The molecular weight excluding hydrogens is 350 g/mol. The van der Waals surface area contributed by atoms with Crippen molar-refractivity contribution in [1.82, 2.24) is 0 Å². The number of carbonyl (C=O) groups is 2. The summed E-state index contributed by atoms with van der Waals surface area (Å²) in [6, 6.07) is 4.82. The molecule has 3 atom stereocenters. The molecule has 0 bridgehead atoms. The van der Waals surface area contributed by atoms with Crippen molar-refractivity contribution in [3.05, 3.63) is 46.2 Å². The van der Waals surface area contributed by atoms with Crippen LogP contribution in [0.4, 0.5) is 0 Å². The highest BCUT2D eigenvalue weighted by atomic mass is 16.3. The van der Waals surface area contributed by atoms with E-state index in [-0.39, 0.29) is 46.8 Å². The molecule has 1 aromatic carbocycles. The summed E-state index contributed by atoms with van der Waals surface area (Å²) in [7, 11) is 1.41. The van der Waals surface area contributed by atoms with E-state index in [9.17, 15) is 30.0 Å². The maximum atomic E-state index is 13.2. The number of fused-ring (bicyclic) bond motifs is 3. The summed E-state index contributed by atoms with van der Waals surface area (Å²) in [5.74, 6) is -3.66. The van der Waals surface area contributed by atoms with E-state index in [4.69, 9.17) is 0 Å². The van der Waals surface area contributed by atoms with Gasteiger partial charge in [-0.3, -0.25) is 14.6 Å². The summed E-state index contributed by atoms with van der Waals surface area (Å²) in [4.78, 5) is 29.3. The minimum absolute atomic E-state index is 0.0172. The predicted octanol–water partition coefficient (Wildman–Crippen LogP) is 1.64. The Kier molecular flexibility index (Phi) is 3.75. The maximum Gasteiger partial charge on any atom is 0.202 e. The molecule has 1 fully saturated rings. The summed E-state index contributed by atoms with van der Waals surface area (Å²) < 4.78 is 0. The number of aliphatic hydroxyl groups is 3. The normalized spacial score (nSPS) is 30.4. The number of phenols is 1. The maximum absolute atomic E-state index is 13.2. The van der Waals surface area contributed by atoms with Crippen molar-refractivity contribution in [2.24, 2.45) is 16.8 Å². The minimum atomic E-state index is -2.29. The second-order valence-electron chi connectivity index (χ2n) is 7.28. The van der Waals surface area contributed by atoms with Gasteiger partial charge in [0.1, 0.15) is 17.3 Å². The standard InChI is InChI=1S/C20H19NO6/c1-21-8-12-14(23)7-11-6-10-5-9-3-2-4-13(22)15(9)17(24)16(10)19(26)20(11,27)18(12)25/h2-4,8,10-11,22,24-25,27H,5-7H2,1H3/t10-,11-,20+/m0/s1. The minimum Gasteiger partial charge on any atom is -0.508 e. The monoisotopic (exact) mass is 369 g/mol. The van der Waals surface area contributed by atoms with E-state index < -0.39 is 29.0 Å². The average Bonchev–Trinajstić information content (AvgIpc) is 2.62. The lowest BCUT2D eigenvalue weighted by Crippen LogP contribution is -2.57. The van der Waals surface area contributed by atoms with E-state index in [1.54, 1.807) is 12.1 Å². The van der Waals surface area contributed by atoms with Gasteiger partial charge in [-0.2, -0.15) is 0 Å². The molecule has 1 saturated carbocycles. The first kappa shape index (κ1) is 17.5.